The molecule has 2 rings (SSSR count). The van der Waals surface area contributed by atoms with Crippen molar-refractivity contribution in [2.45, 2.75) is 33.1 Å². The Hall–Kier alpha value is -1.16. The third-order valence-corrected chi connectivity index (χ3v) is 2.74. The molecule has 0 bridgehead atoms. The van der Waals surface area contributed by atoms with Gasteiger partial charge in [-0.1, -0.05) is 32.5 Å². The summed E-state index contributed by atoms with van der Waals surface area (Å²) in [5.74, 6) is 0. The van der Waals surface area contributed by atoms with Crippen molar-refractivity contribution in [1.29, 1.82) is 0 Å². The van der Waals surface area contributed by atoms with Gasteiger partial charge in [0, 0.05) is 17.5 Å². The second-order valence-electron chi connectivity index (χ2n) is 3.66. The number of aromatic amines is 1. The minimum atomic E-state index is 0.808. The monoisotopic (exact) mass is 221 g/mol. The Morgan fingerprint density at radius 3 is 2.87 bits per heavy atom. The summed E-state index contributed by atoms with van der Waals surface area (Å²) in [5.41, 5.74) is 3.19. The fraction of sp³-hybridized carbons (Fsp3) is 0.455. The molecule has 0 aliphatic rings. The highest BCUT2D eigenvalue weighted by Crippen LogP contribution is 2.08. The van der Waals surface area contributed by atoms with Crippen LogP contribution in [0.15, 0.2) is 12.1 Å². The molecule has 0 aliphatic carbocycles. The average molecular weight is 221 g/mol. The van der Waals surface area contributed by atoms with Gasteiger partial charge in [0.2, 0.25) is 0 Å². The van der Waals surface area contributed by atoms with Gasteiger partial charge < -0.3 is 0 Å². The van der Waals surface area contributed by atoms with Gasteiger partial charge in [-0.15, -0.1) is 0 Å². The molecular formula is C11H15N3S. The van der Waals surface area contributed by atoms with Gasteiger partial charge in [-0.3, -0.25) is 5.10 Å². The number of nitrogens with one attached hydrogen (secondary N) is 1. The zero-order chi connectivity index (χ0) is 10.8. The van der Waals surface area contributed by atoms with Crippen LogP contribution in [0.3, 0.4) is 0 Å². The topological polar surface area (TPSA) is 33.1 Å². The molecule has 2 aromatic rings. The summed E-state index contributed by atoms with van der Waals surface area (Å²) in [6.07, 6.45) is 3.07. The number of hydrogen-bond acceptors (Lipinski definition) is 2. The second-order valence-corrected chi connectivity index (χ2v) is 4.08. The van der Waals surface area contributed by atoms with E-state index in [0.717, 1.165) is 35.2 Å². The number of H-pyrrole nitrogens is 1. The van der Waals surface area contributed by atoms with E-state index in [-0.39, 0.29) is 0 Å². The van der Waals surface area contributed by atoms with E-state index < -0.39 is 0 Å². The van der Waals surface area contributed by atoms with E-state index in [1.54, 1.807) is 0 Å². The van der Waals surface area contributed by atoms with Crippen molar-refractivity contribution in [2.75, 3.05) is 0 Å². The van der Waals surface area contributed by atoms with Gasteiger partial charge in [0.05, 0.1) is 0 Å². The summed E-state index contributed by atoms with van der Waals surface area (Å²) >= 11 is 5.31. The highest BCUT2D eigenvalue weighted by molar-refractivity contribution is 7.71. The maximum absolute atomic E-state index is 5.31. The number of fused-ring (bicyclic) bond motifs is 1. The molecule has 15 heavy (non-hydrogen) atoms. The lowest BCUT2D eigenvalue weighted by molar-refractivity contribution is 0.838. The number of aryl methyl sites for hydroxylation is 2. The molecule has 3 nitrogen and oxygen atoms in total. The average Bonchev–Trinajstić information content (AvgIpc) is 2.62. The first kappa shape index (κ1) is 10.4. The third kappa shape index (κ3) is 1.95. The Balaban J connectivity index is 2.60. The first-order valence-corrected chi connectivity index (χ1v) is 5.76. The lowest BCUT2D eigenvalue weighted by atomic mass is 10.2. The third-order valence-electron chi connectivity index (χ3n) is 2.44. The number of hydrogen-bond donors (Lipinski definition) is 1. The van der Waals surface area contributed by atoms with E-state index in [1.807, 2.05) is 10.6 Å². The summed E-state index contributed by atoms with van der Waals surface area (Å²) in [6, 6.07) is 4.04. The van der Waals surface area contributed by atoms with E-state index in [9.17, 15) is 0 Å². The van der Waals surface area contributed by atoms with Crippen molar-refractivity contribution < 1.29 is 0 Å². The second kappa shape index (κ2) is 4.14. The molecule has 80 valence electrons. The Morgan fingerprint density at radius 2 is 2.20 bits per heavy atom. The van der Waals surface area contributed by atoms with Crippen molar-refractivity contribution in [3.8, 4) is 0 Å². The molecule has 0 unspecified atom stereocenters. The molecule has 0 radical (unpaired) electrons. The van der Waals surface area contributed by atoms with Gasteiger partial charge in [-0.2, -0.15) is 0 Å². The van der Waals surface area contributed by atoms with Crippen LogP contribution in [-0.2, 0) is 12.8 Å². The van der Waals surface area contributed by atoms with Crippen LogP contribution in [0.2, 0.25) is 0 Å². The Bertz CT molecular complexity index is 524. The van der Waals surface area contributed by atoms with E-state index in [2.05, 4.69) is 30.0 Å². The Labute approximate surface area is 94.1 Å². The van der Waals surface area contributed by atoms with Crippen LogP contribution in [0.25, 0.3) is 5.65 Å². The lowest BCUT2D eigenvalue weighted by Gasteiger charge is -1.99. The lowest BCUT2D eigenvalue weighted by Crippen LogP contribution is -1.97. The van der Waals surface area contributed by atoms with E-state index >= 15 is 0 Å². The van der Waals surface area contributed by atoms with Crippen molar-refractivity contribution in [3.63, 3.8) is 0 Å². The van der Waals surface area contributed by atoms with Crippen molar-refractivity contribution >= 4 is 17.9 Å². The van der Waals surface area contributed by atoms with Gasteiger partial charge in [-0.05, 0) is 18.9 Å². The summed E-state index contributed by atoms with van der Waals surface area (Å²) in [4.78, 5) is 4.56. The number of nitrogens with zero attached hydrogens (tertiary/aromatic N) is 2. The molecule has 0 saturated heterocycles. The minimum absolute atomic E-state index is 0.808. The molecule has 2 heterocycles. The highest BCUT2D eigenvalue weighted by atomic mass is 32.1. The molecule has 0 atom stereocenters. The predicted molar refractivity (Wildman–Crippen MR) is 63.7 cm³/mol. The molecule has 0 spiro atoms. The van der Waals surface area contributed by atoms with Crippen LogP contribution >= 0.6 is 12.2 Å². The number of aromatic nitrogens is 3. The first-order valence-electron chi connectivity index (χ1n) is 5.35. The molecule has 0 amide bonds. The molecule has 0 aromatic carbocycles. The molecule has 0 saturated carbocycles. The predicted octanol–water partition coefficient (Wildman–Crippen LogP) is 2.91. The van der Waals surface area contributed by atoms with Gasteiger partial charge in [0.15, 0.2) is 5.65 Å². The van der Waals surface area contributed by atoms with E-state index in [4.69, 9.17) is 12.2 Å². The summed E-state index contributed by atoms with van der Waals surface area (Å²) in [5, 5.41) is 3.23. The molecule has 4 heteroatoms. The summed E-state index contributed by atoms with van der Waals surface area (Å²) < 4.78 is 2.68. The quantitative estimate of drug-likeness (QED) is 0.808. The minimum Gasteiger partial charge on any atom is -0.296 e. The van der Waals surface area contributed by atoms with E-state index in [0.29, 0.717) is 0 Å². The van der Waals surface area contributed by atoms with Crippen LogP contribution < -0.4 is 0 Å². The van der Waals surface area contributed by atoms with Crippen LogP contribution in [0, 0.1) is 4.64 Å². The Kier molecular flexibility index (Phi) is 2.86. The Morgan fingerprint density at radius 1 is 1.40 bits per heavy atom. The molecule has 1 N–H and O–H groups in total. The van der Waals surface area contributed by atoms with Crippen LogP contribution in [0.1, 0.15) is 31.7 Å². The largest absolute Gasteiger partial charge is 0.296 e. The van der Waals surface area contributed by atoms with Crippen molar-refractivity contribution in [1.82, 2.24) is 14.6 Å². The molecule has 0 aliphatic heterocycles. The summed E-state index contributed by atoms with van der Waals surface area (Å²) in [6.45, 7) is 4.26. The van der Waals surface area contributed by atoms with Crippen LogP contribution in [0.4, 0.5) is 0 Å². The SMILES string of the molecule is CCCc1cc(=S)n2[nH]c(CC)cc2n1. The molecule has 2 aromatic heterocycles. The summed E-state index contributed by atoms with van der Waals surface area (Å²) in [7, 11) is 0. The van der Waals surface area contributed by atoms with Crippen molar-refractivity contribution in [2.24, 2.45) is 0 Å². The smallest absolute Gasteiger partial charge is 0.154 e. The van der Waals surface area contributed by atoms with Gasteiger partial charge in [0.25, 0.3) is 0 Å². The maximum Gasteiger partial charge on any atom is 0.154 e. The molecule has 0 fully saturated rings. The van der Waals surface area contributed by atoms with Crippen LogP contribution in [0.5, 0.6) is 0 Å². The normalized spacial score (nSPS) is 11.1. The zero-order valence-electron chi connectivity index (χ0n) is 9.08. The van der Waals surface area contributed by atoms with Gasteiger partial charge in [-0.25, -0.2) is 9.50 Å². The first-order chi connectivity index (χ1) is 7.24. The fourth-order valence-corrected chi connectivity index (χ4v) is 1.93. The highest BCUT2D eigenvalue weighted by Gasteiger charge is 2.02. The fourth-order valence-electron chi connectivity index (χ4n) is 1.66. The van der Waals surface area contributed by atoms with E-state index in [1.165, 1.54) is 5.69 Å². The maximum atomic E-state index is 5.31. The van der Waals surface area contributed by atoms with Gasteiger partial charge in [0.1, 0.15) is 4.64 Å². The van der Waals surface area contributed by atoms with Gasteiger partial charge >= 0.3 is 0 Å². The zero-order valence-corrected chi connectivity index (χ0v) is 9.90. The standard InChI is InChI=1S/C11H15N3S/c1-3-5-9-7-11(15)14-10(12-9)6-8(4-2)13-14/h6-7,13H,3-5H2,1-2H3. The molecular weight excluding hydrogens is 206 g/mol. The van der Waals surface area contributed by atoms with Crippen molar-refractivity contribution in [3.05, 3.63) is 28.2 Å². The number of rotatable bonds is 3. The van der Waals surface area contributed by atoms with Crippen LogP contribution in [-0.4, -0.2) is 14.6 Å².